The Labute approximate surface area is 345 Å². The first-order valence-corrected chi connectivity index (χ1v) is 23.9. The number of carbonyl (C=O) groups is 2. The van der Waals surface area contributed by atoms with Crippen LogP contribution in [0.2, 0.25) is 0 Å². The van der Waals surface area contributed by atoms with Crippen LogP contribution >= 0.6 is 0 Å². The molecule has 1 aromatic rings. The molecule has 1 N–H and O–H groups in total. The van der Waals surface area contributed by atoms with E-state index in [9.17, 15) is 14.7 Å². The van der Waals surface area contributed by atoms with Gasteiger partial charge in [-0.3, -0.25) is 9.59 Å². The van der Waals surface area contributed by atoms with E-state index in [1.807, 2.05) is 18.2 Å². The fraction of sp³-hybridized carbons (Fsp3) is 0.837. The molecule has 0 saturated heterocycles. The van der Waals surface area contributed by atoms with E-state index in [1.54, 1.807) is 0 Å². The molecule has 0 atom stereocenters. The summed E-state index contributed by atoms with van der Waals surface area (Å²) in [5.41, 5.74) is 0.742. The van der Waals surface area contributed by atoms with E-state index in [0.717, 1.165) is 101 Å². The van der Waals surface area contributed by atoms with E-state index < -0.39 is 0 Å². The quantitative estimate of drug-likeness (QED) is 0.0521. The minimum atomic E-state index is -0.0944. The van der Waals surface area contributed by atoms with Gasteiger partial charge < -0.3 is 24.1 Å². The van der Waals surface area contributed by atoms with Crippen LogP contribution in [0.3, 0.4) is 0 Å². The van der Waals surface area contributed by atoms with Crippen LogP contribution < -0.4 is 9.47 Å². The fourth-order valence-electron chi connectivity index (χ4n) is 7.21. The molecule has 1 aromatic carbocycles. The zero-order chi connectivity index (χ0) is 40.6. The monoisotopic (exact) mass is 789 g/mol. The van der Waals surface area contributed by atoms with Crippen molar-refractivity contribution in [3.63, 3.8) is 0 Å². The lowest BCUT2D eigenvalue weighted by Gasteiger charge is -2.18. The summed E-state index contributed by atoms with van der Waals surface area (Å²) in [4.78, 5) is 24.7. The van der Waals surface area contributed by atoms with Gasteiger partial charge in [0.2, 0.25) is 0 Å². The first-order chi connectivity index (χ1) is 27.5. The number of esters is 2. The summed E-state index contributed by atoms with van der Waals surface area (Å²) in [5.74, 6) is 1.39. The van der Waals surface area contributed by atoms with Crippen LogP contribution in [0.4, 0.5) is 0 Å². The summed E-state index contributed by atoms with van der Waals surface area (Å²) < 4.78 is 23.4. The van der Waals surface area contributed by atoms with E-state index in [1.165, 1.54) is 109 Å². The number of carbonyl (C=O) groups excluding carboxylic acids is 2. The van der Waals surface area contributed by atoms with Gasteiger partial charge >= 0.3 is 11.9 Å². The second kappa shape index (κ2) is 39.5. The molecule has 1 rings (SSSR count). The molecular formula is C49H88O7. The van der Waals surface area contributed by atoms with E-state index in [0.29, 0.717) is 38.4 Å². The molecule has 0 amide bonds. The van der Waals surface area contributed by atoms with Crippen LogP contribution in [-0.4, -0.2) is 43.0 Å². The van der Waals surface area contributed by atoms with E-state index in [4.69, 9.17) is 18.9 Å². The van der Waals surface area contributed by atoms with Crippen molar-refractivity contribution in [3.8, 4) is 11.5 Å². The van der Waals surface area contributed by atoms with Crippen molar-refractivity contribution in [3.05, 3.63) is 23.8 Å². The Morgan fingerprint density at radius 2 is 0.929 bits per heavy atom. The Kier molecular flexibility index (Phi) is 36.5. The van der Waals surface area contributed by atoms with Gasteiger partial charge in [-0.15, -0.1) is 0 Å². The third-order valence-electron chi connectivity index (χ3n) is 10.8. The molecular weight excluding hydrogens is 701 g/mol. The Morgan fingerprint density at radius 1 is 0.500 bits per heavy atom. The molecule has 0 aliphatic rings. The zero-order valence-electron chi connectivity index (χ0n) is 36.9. The SMILES string of the molecule is CCCCCCCCCOC(=O)CCCCCCCOc1ccc(OCCCCCCCC(=O)OC(CCCCCCCC)CCCCCCCC)c(CO)c1. The predicted octanol–water partition coefficient (Wildman–Crippen LogP) is 14.3. The number of ether oxygens (including phenoxy) is 4. The molecule has 7 heteroatoms. The van der Waals surface area contributed by atoms with Crippen LogP contribution in [0, 0.1) is 0 Å². The molecule has 0 saturated carbocycles. The van der Waals surface area contributed by atoms with Crippen molar-refractivity contribution < 1.29 is 33.6 Å². The van der Waals surface area contributed by atoms with Crippen molar-refractivity contribution in [2.24, 2.45) is 0 Å². The average Bonchev–Trinajstić information content (AvgIpc) is 3.20. The molecule has 0 spiro atoms. The Morgan fingerprint density at radius 3 is 1.45 bits per heavy atom. The normalized spacial score (nSPS) is 11.3. The van der Waals surface area contributed by atoms with Crippen molar-refractivity contribution >= 4 is 11.9 Å². The summed E-state index contributed by atoms with van der Waals surface area (Å²) in [5, 5.41) is 9.94. The summed E-state index contributed by atoms with van der Waals surface area (Å²) >= 11 is 0. The highest BCUT2D eigenvalue weighted by Crippen LogP contribution is 2.25. The average molecular weight is 789 g/mol. The van der Waals surface area contributed by atoms with E-state index in [2.05, 4.69) is 20.8 Å². The molecule has 0 heterocycles. The maximum Gasteiger partial charge on any atom is 0.306 e. The lowest BCUT2D eigenvalue weighted by atomic mass is 10.0. The maximum absolute atomic E-state index is 12.7. The molecule has 0 aliphatic heterocycles. The summed E-state index contributed by atoms with van der Waals surface area (Å²) in [6.45, 7) is 8.44. The lowest BCUT2D eigenvalue weighted by molar-refractivity contribution is -0.150. The molecule has 7 nitrogen and oxygen atoms in total. The molecule has 0 aliphatic carbocycles. The standard InChI is InChI=1S/C49H88O7/c1-4-7-10-13-16-23-32-41-55-48(51)35-28-21-17-24-30-39-53-46-37-38-47(44(42-46)43-50)54-40-31-25-18-22-29-36-49(52)56-45(33-26-19-14-11-8-5-2)34-27-20-15-12-9-6-3/h37-38,42,45,50H,4-36,39-41,43H2,1-3H3. The van der Waals surface area contributed by atoms with Crippen molar-refractivity contribution in [2.75, 3.05) is 19.8 Å². The number of benzene rings is 1. The van der Waals surface area contributed by atoms with E-state index in [-0.39, 0.29) is 24.6 Å². The first kappa shape index (κ1) is 51.7. The zero-order valence-corrected chi connectivity index (χ0v) is 36.9. The second-order valence-corrected chi connectivity index (χ2v) is 16.2. The van der Waals surface area contributed by atoms with Crippen molar-refractivity contribution in [1.82, 2.24) is 0 Å². The van der Waals surface area contributed by atoms with Gasteiger partial charge in [0.05, 0.1) is 26.4 Å². The van der Waals surface area contributed by atoms with Gasteiger partial charge in [-0.05, 0) is 76.0 Å². The minimum Gasteiger partial charge on any atom is -0.494 e. The fourth-order valence-corrected chi connectivity index (χ4v) is 7.21. The second-order valence-electron chi connectivity index (χ2n) is 16.2. The van der Waals surface area contributed by atoms with Crippen LogP contribution in [0.5, 0.6) is 11.5 Å². The Bertz CT molecular complexity index is 1010. The molecule has 0 bridgehead atoms. The largest absolute Gasteiger partial charge is 0.494 e. The van der Waals surface area contributed by atoms with Gasteiger partial charge in [-0.1, -0.05) is 162 Å². The van der Waals surface area contributed by atoms with Gasteiger partial charge in [-0.2, -0.15) is 0 Å². The van der Waals surface area contributed by atoms with E-state index >= 15 is 0 Å². The van der Waals surface area contributed by atoms with Crippen LogP contribution in [-0.2, 0) is 25.7 Å². The lowest BCUT2D eigenvalue weighted by Crippen LogP contribution is -2.18. The highest BCUT2D eigenvalue weighted by molar-refractivity contribution is 5.69. The highest BCUT2D eigenvalue weighted by atomic mass is 16.5. The third kappa shape index (κ3) is 31.8. The third-order valence-corrected chi connectivity index (χ3v) is 10.8. The highest BCUT2D eigenvalue weighted by Gasteiger charge is 2.14. The summed E-state index contributed by atoms with van der Waals surface area (Å²) in [6.07, 6.45) is 37.0. The Balaban J connectivity index is 2.14. The van der Waals surface area contributed by atoms with Crippen LogP contribution in [0.1, 0.15) is 238 Å². The van der Waals surface area contributed by atoms with Gasteiger partial charge in [0.15, 0.2) is 0 Å². The van der Waals surface area contributed by atoms with Gasteiger partial charge in [0.25, 0.3) is 0 Å². The van der Waals surface area contributed by atoms with Gasteiger partial charge in [-0.25, -0.2) is 0 Å². The van der Waals surface area contributed by atoms with Crippen molar-refractivity contribution in [1.29, 1.82) is 0 Å². The first-order valence-electron chi connectivity index (χ1n) is 23.9. The van der Waals surface area contributed by atoms with Gasteiger partial charge in [0, 0.05) is 18.4 Å². The van der Waals surface area contributed by atoms with Crippen molar-refractivity contribution in [2.45, 2.75) is 245 Å². The summed E-state index contributed by atoms with van der Waals surface area (Å²) in [6, 6.07) is 5.68. The molecule has 56 heavy (non-hydrogen) atoms. The predicted molar refractivity (Wildman–Crippen MR) is 234 cm³/mol. The molecule has 0 radical (unpaired) electrons. The Hall–Kier alpha value is -2.28. The summed E-state index contributed by atoms with van der Waals surface area (Å²) in [7, 11) is 0. The number of unbranched alkanes of at least 4 members (excludes halogenated alkanes) is 24. The number of rotatable bonds is 42. The molecule has 326 valence electrons. The molecule has 0 unspecified atom stereocenters. The molecule has 0 aromatic heterocycles. The number of hydrogen-bond acceptors (Lipinski definition) is 7. The van der Waals surface area contributed by atoms with Gasteiger partial charge in [0.1, 0.15) is 17.6 Å². The van der Waals surface area contributed by atoms with Crippen LogP contribution in [0.15, 0.2) is 18.2 Å². The maximum atomic E-state index is 12.7. The number of hydrogen-bond donors (Lipinski definition) is 1. The molecule has 0 fully saturated rings. The minimum absolute atomic E-state index is 0.0149. The number of aliphatic hydroxyl groups is 1. The van der Waals surface area contributed by atoms with Crippen LogP contribution in [0.25, 0.3) is 0 Å². The topological polar surface area (TPSA) is 91.3 Å². The number of aliphatic hydroxyl groups excluding tert-OH is 1. The smallest absolute Gasteiger partial charge is 0.306 e.